The highest BCUT2D eigenvalue weighted by Crippen LogP contribution is 2.21. The molecule has 15 heavy (non-hydrogen) atoms. The minimum absolute atomic E-state index is 0.0254. The molecular formula is C10H19NO4. The normalized spacial score (nSPS) is 19.7. The molecule has 1 unspecified atom stereocenters. The molecule has 1 heterocycles. The summed E-state index contributed by atoms with van der Waals surface area (Å²) >= 11 is 0. The molecule has 2 N–H and O–H groups in total. The first-order chi connectivity index (χ1) is 6.83. The Balaban J connectivity index is 2.30. The fourth-order valence-corrected chi connectivity index (χ4v) is 1.38. The molecule has 0 saturated carbocycles. The molecule has 1 atom stereocenters. The van der Waals surface area contributed by atoms with Crippen LogP contribution in [-0.2, 0) is 4.74 Å². The van der Waals surface area contributed by atoms with E-state index in [1.165, 1.54) is 4.90 Å². The van der Waals surface area contributed by atoms with Crippen LogP contribution in [0.2, 0.25) is 0 Å². The Morgan fingerprint density at radius 3 is 2.47 bits per heavy atom. The number of likely N-dealkylation sites (tertiary alicyclic amines) is 1. The zero-order chi connectivity index (χ0) is 11.6. The Bertz CT molecular complexity index is 230. The van der Waals surface area contributed by atoms with Crippen molar-refractivity contribution in [3.8, 4) is 0 Å². The number of aliphatic hydroxyl groups is 2. The van der Waals surface area contributed by atoms with Crippen LogP contribution in [0.15, 0.2) is 0 Å². The van der Waals surface area contributed by atoms with Crippen molar-refractivity contribution in [3.63, 3.8) is 0 Å². The van der Waals surface area contributed by atoms with Gasteiger partial charge in [0.15, 0.2) is 0 Å². The van der Waals surface area contributed by atoms with Crippen LogP contribution in [0.25, 0.3) is 0 Å². The average Bonchev–Trinajstić information content (AvgIpc) is 1.97. The van der Waals surface area contributed by atoms with Crippen LogP contribution in [-0.4, -0.2) is 52.6 Å². The SMILES string of the molecule is CC(C)(C)OC(=O)N1CC(C(O)CO)C1. The van der Waals surface area contributed by atoms with Gasteiger partial charge < -0.3 is 19.8 Å². The van der Waals surface area contributed by atoms with E-state index in [1.807, 2.05) is 20.8 Å². The van der Waals surface area contributed by atoms with Crippen molar-refractivity contribution >= 4 is 6.09 Å². The molecule has 5 heteroatoms. The molecule has 0 aromatic heterocycles. The molecule has 0 spiro atoms. The smallest absolute Gasteiger partial charge is 0.410 e. The fourth-order valence-electron chi connectivity index (χ4n) is 1.38. The van der Waals surface area contributed by atoms with Crippen molar-refractivity contribution in [2.24, 2.45) is 5.92 Å². The van der Waals surface area contributed by atoms with Crippen molar-refractivity contribution in [1.29, 1.82) is 0 Å². The summed E-state index contributed by atoms with van der Waals surface area (Å²) in [5.41, 5.74) is -0.488. The molecule has 1 amide bonds. The van der Waals surface area contributed by atoms with E-state index in [1.54, 1.807) is 0 Å². The molecule has 1 saturated heterocycles. The quantitative estimate of drug-likeness (QED) is 0.693. The summed E-state index contributed by atoms with van der Waals surface area (Å²) in [6.45, 7) is 6.08. The lowest BCUT2D eigenvalue weighted by Crippen LogP contribution is -2.56. The van der Waals surface area contributed by atoms with Crippen molar-refractivity contribution in [2.45, 2.75) is 32.5 Å². The molecule has 1 aliphatic rings. The fraction of sp³-hybridized carbons (Fsp3) is 0.900. The Kier molecular flexibility index (Phi) is 3.57. The number of carbonyl (C=O) groups is 1. The van der Waals surface area contributed by atoms with Crippen LogP contribution in [0.4, 0.5) is 4.79 Å². The number of nitrogens with zero attached hydrogens (tertiary/aromatic N) is 1. The summed E-state index contributed by atoms with van der Waals surface area (Å²) in [5, 5.41) is 18.0. The van der Waals surface area contributed by atoms with Crippen LogP contribution in [0.3, 0.4) is 0 Å². The summed E-state index contributed by atoms with van der Waals surface area (Å²) in [4.78, 5) is 13.0. The van der Waals surface area contributed by atoms with E-state index in [0.717, 1.165) is 0 Å². The molecule has 0 aliphatic carbocycles. The highest BCUT2D eigenvalue weighted by Gasteiger charge is 2.37. The molecule has 0 aromatic carbocycles. The maximum absolute atomic E-state index is 11.5. The van der Waals surface area contributed by atoms with E-state index in [4.69, 9.17) is 9.84 Å². The van der Waals surface area contributed by atoms with E-state index in [-0.39, 0.29) is 18.6 Å². The highest BCUT2D eigenvalue weighted by atomic mass is 16.6. The minimum Gasteiger partial charge on any atom is -0.444 e. The van der Waals surface area contributed by atoms with Crippen molar-refractivity contribution < 1.29 is 19.7 Å². The lowest BCUT2D eigenvalue weighted by atomic mass is 9.95. The predicted octanol–water partition coefficient (Wildman–Crippen LogP) is 0.207. The van der Waals surface area contributed by atoms with Gasteiger partial charge in [-0.05, 0) is 20.8 Å². The van der Waals surface area contributed by atoms with Crippen molar-refractivity contribution in [2.75, 3.05) is 19.7 Å². The molecule has 88 valence electrons. The molecule has 0 aromatic rings. The predicted molar refractivity (Wildman–Crippen MR) is 54.4 cm³/mol. The third-order valence-electron chi connectivity index (χ3n) is 2.29. The van der Waals surface area contributed by atoms with Gasteiger partial charge in [0.25, 0.3) is 0 Å². The summed E-state index contributed by atoms with van der Waals surface area (Å²) in [6.07, 6.45) is -1.09. The first-order valence-corrected chi connectivity index (χ1v) is 5.10. The number of rotatable bonds is 2. The van der Waals surface area contributed by atoms with Gasteiger partial charge in [0.2, 0.25) is 0 Å². The first-order valence-electron chi connectivity index (χ1n) is 5.10. The molecule has 0 bridgehead atoms. The zero-order valence-corrected chi connectivity index (χ0v) is 9.43. The van der Waals surface area contributed by atoms with E-state index >= 15 is 0 Å². The van der Waals surface area contributed by atoms with E-state index in [9.17, 15) is 9.90 Å². The van der Waals surface area contributed by atoms with E-state index < -0.39 is 11.7 Å². The van der Waals surface area contributed by atoms with Gasteiger partial charge in [0.1, 0.15) is 5.60 Å². The van der Waals surface area contributed by atoms with Crippen molar-refractivity contribution in [1.82, 2.24) is 4.90 Å². The third kappa shape index (κ3) is 3.35. The minimum atomic E-state index is -0.733. The molecule has 0 radical (unpaired) electrons. The van der Waals surface area contributed by atoms with Gasteiger partial charge in [-0.25, -0.2) is 4.79 Å². The van der Waals surface area contributed by atoms with E-state index in [0.29, 0.717) is 13.1 Å². The number of hydrogen-bond donors (Lipinski definition) is 2. The second kappa shape index (κ2) is 4.37. The van der Waals surface area contributed by atoms with Crippen LogP contribution < -0.4 is 0 Å². The standard InChI is InChI=1S/C10H19NO4/c1-10(2,3)15-9(14)11-4-7(5-11)8(13)6-12/h7-8,12-13H,4-6H2,1-3H3. The highest BCUT2D eigenvalue weighted by molar-refractivity contribution is 5.69. The van der Waals surface area contributed by atoms with Crippen molar-refractivity contribution in [3.05, 3.63) is 0 Å². The van der Waals surface area contributed by atoms with Crippen LogP contribution in [0, 0.1) is 5.92 Å². The number of hydrogen-bond acceptors (Lipinski definition) is 4. The van der Waals surface area contributed by atoms with Gasteiger partial charge in [-0.15, -0.1) is 0 Å². The number of aliphatic hydroxyl groups excluding tert-OH is 2. The topological polar surface area (TPSA) is 70.0 Å². The van der Waals surface area contributed by atoms with Gasteiger partial charge in [-0.1, -0.05) is 0 Å². The molecule has 1 aliphatic heterocycles. The van der Waals surface area contributed by atoms with Gasteiger partial charge in [-0.3, -0.25) is 0 Å². The van der Waals surface area contributed by atoms with E-state index in [2.05, 4.69) is 0 Å². The largest absolute Gasteiger partial charge is 0.444 e. The monoisotopic (exact) mass is 217 g/mol. The molecule has 1 fully saturated rings. The zero-order valence-electron chi connectivity index (χ0n) is 9.43. The summed E-state index contributed by atoms with van der Waals surface area (Å²) in [5.74, 6) is -0.0254. The van der Waals surface area contributed by atoms with Gasteiger partial charge in [0.05, 0.1) is 12.7 Å². The van der Waals surface area contributed by atoms with Crippen LogP contribution in [0.1, 0.15) is 20.8 Å². The Morgan fingerprint density at radius 1 is 1.53 bits per heavy atom. The number of amides is 1. The second-order valence-corrected chi connectivity index (χ2v) is 4.90. The lowest BCUT2D eigenvalue weighted by molar-refractivity contribution is -0.0443. The Labute approximate surface area is 89.6 Å². The van der Waals surface area contributed by atoms with Gasteiger partial charge in [-0.2, -0.15) is 0 Å². The average molecular weight is 217 g/mol. The lowest BCUT2D eigenvalue weighted by Gasteiger charge is -2.41. The molecule has 1 rings (SSSR count). The summed E-state index contributed by atoms with van der Waals surface area (Å²) in [6, 6.07) is 0. The second-order valence-electron chi connectivity index (χ2n) is 4.90. The summed E-state index contributed by atoms with van der Waals surface area (Å²) in [7, 11) is 0. The number of ether oxygens (including phenoxy) is 1. The Hall–Kier alpha value is -0.810. The third-order valence-corrected chi connectivity index (χ3v) is 2.29. The van der Waals surface area contributed by atoms with Gasteiger partial charge in [0, 0.05) is 19.0 Å². The molecular weight excluding hydrogens is 198 g/mol. The Morgan fingerprint density at radius 2 is 2.07 bits per heavy atom. The number of carbonyl (C=O) groups excluding carboxylic acids is 1. The summed E-state index contributed by atoms with van der Waals surface area (Å²) < 4.78 is 5.15. The maximum Gasteiger partial charge on any atom is 0.410 e. The first kappa shape index (κ1) is 12.3. The molecule has 5 nitrogen and oxygen atoms in total. The van der Waals surface area contributed by atoms with Crippen LogP contribution in [0.5, 0.6) is 0 Å². The van der Waals surface area contributed by atoms with Crippen LogP contribution >= 0.6 is 0 Å². The maximum atomic E-state index is 11.5. The van der Waals surface area contributed by atoms with Gasteiger partial charge >= 0.3 is 6.09 Å².